The van der Waals surface area contributed by atoms with Crippen molar-refractivity contribution in [1.29, 1.82) is 0 Å². The Kier molecular flexibility index (Phi) is 7.81. The second kappa shape index (κ2) is 10.5. The Labute approximate surface area is 184 Å². The predicted octanol–water partition coefficient (Wildman–Crippen LogP) is 5.99. The van der Waals surface area contributed by atoms with Gasteiger partial charge in [-0.2, -0.15) is 0 Å². The van der Waals surface area contributed by atoms with E-state index in [4.69, 9.17) is 25.8 Å². The monoisotopic (exact) mass is 475 g/mol. The Hall–Kier alpha value is -2.21. The molecule has 0 fully saturated rings. The molecular weight excluding hydrogens is 454 g/mol. The number of hydrogen-bond donors (Lipinski definition) is 1. The van der Waals surface area contributed by atoms with Crippen LogP contribution in [0.3, 0.4) is 0 Å². The van der Waals surface area contributed by atoms with Crippen LogP contribution in [-0.4, -0.2) is 14.2 Å². The van der Waals surface area contributed by atoms with Crippen LogP contribution in [0.4, 0.5) is 0 Å². The first-order valence-corrected chi connectivity index (χ1v) is 10.3. The Bertz CT molecular complexity index is 965. The molecule has 6 heteroatoms. The van der Waals surface area contributed by atoms with E-state index in [0.717, 1.165) is 26.9 Å². The van der Waals surface area contributed by atoms with Gasteiger partial charge < -0.3 is 19.5 Å². The lowest BCUT2D eigenvalue weighted by molar-refractivity contribution is 0.280. The first-order chi connectivity index (χ1) is 14.1. The summed E-state index contributed by atoms with van der Waals surface area (Å²) in [6.07, 6.45) is 0. The van der Waals surface area contributed by atoms with Gasteiger partial charge in [0.05, 0.1) is 14.2 Å². The van der Waals surface area contributed by atoms with Crippen molar-refractivity contribution in [1.82, 2.24) is 5.32 Å². The summed E-state index contributed by atoms with van der Waals surface area (Å²) in [5.74, 6) is 2.25. The fraction of sp³-hybridized carbons (Fsp3) is 0.217. The summed E-state index contributed by atoms with van der Waals surface area (Å²) in [7, 11) is 3.32. The molecule has 3 aromatic carbocycles. The van der Waals surface area contributed by atoms with Crippen molar-refractivity contribution in [3.8, 4) is 17.2 Å². The van der Waals surface area contributed by atoms with Crippen LogP contribution in [0.15, 0.2) is 65.1 Å². The van der Waals surface area contributed by atoms with Crippen LogP contribution in [0.25, 0.3) is 0 Å². The highest BCUT2D eigenvalue weighted by Gasteiger charge is 2.15. The number of methoxy groups -OCH3 is 2. The average Bonchev–Trinajstić information content (AvgIpc) is 2.74. The standard InChI is InChI=1S/C23H23BrClNO3/c1-27-21-9-4-3-7-17(21)13-26-14-19-20(24)10-11-22(28-2)23(19)29-15-16-6-5-8-18(25)12-16/h3-12,26H,13-15H2,1-2H3. The number of nitrogens with one attached hydrogen (secondary N) is 1. The zero-order valence-electron chi connectivity index (χ0n) is 16.4. The van der Waals surface area contributed by atoms with Crippen molar-refractivity contribution in [3.63, 3.8) is 0 Å². The van der Waals surface area contributed by atoms with E-state index in [2.05, 4.69) is 21.2 Å². The average molecular weight is 477 g/mol. The van der Waals surface area contributed by atoms with Gasteiger partial charge in [-0.25, -0.2) is 0 Å². The second-order valence-corrected chi connectivity index (χ2v) is 7.68. The van der Waals surface area contributed by atoms with E-state index in [0.29, 0.717) is 36.2 Å². The first-order valence-electron chi connectivity index (χ1n) is 9.17. The van der Waals surface area contributed by atoms with Crippen LogP contribution in [0.2, 0.25) is 5.02 Å². The molecule has 0 aliphatic carbocycles. The zero-order chi connectivity index (χ0) is 20.6. The van der Waals surface area contributed by atoms with Gasteiger partial charge in [0, 0.05) is 33.7 Å². The van der Waals surface area contributed by atoms with Gasteiger partial charge in [-0.15, -0.1) is 0 Å². The maximum absolute atomic E-state index is 6.15. The van der Waals surface area contributed by atoms with Crippen molar-refractivity contribution in [2.75, 3.05) is 14.2 Å². The van der Waals surface area contributed by atoms with Gasteiger partial charge in [0.1, 0.15) is 12.4 Å². The minimum atomic E-state index is 0.396. The highest BCUT2D eigenvalue weighted by atomic mass is 79.9. The molecule has 3 aromatic rings. The third-order valence-corrected chi connectivity index (χ3v) is 5.45. The summed E-state index contributed by atoms with van der Waals surface area (Å²) in [4.78, 5) is 0. The fourth-order valence-electron chi connectivity index (χ4n) is 3.02. The zero-order valence-corrected chi connectivity index (χ0v) is 18.7. The molecule has 152 valence electrons. The first kappa shape index (κ1) is 21.5. The minimum absolute atomic E-state index is 0.396. The van der Waals surface area contributed by atoms with Gasteiger partial charge in [0.2, 0.25) is 0 Å². The SMILES string of the molecule is COc1ccccc1CNCc1c(Br)ccc(OC)c1OCc1cccc(Cl)c1. The molecule has 0 radical (unpaired) electrons. The van der Waals surface area contributed by atoms with Crippen LogP contribution >= 0.6 is 27.5 Å². The molecular formula is C23H23BrClNO3. The number of rotatable bonds is 9. The fourth-order valence-corrected chi connectivity index (χ4v) is 3.68. The molecule has 0 aliphatic heterocycles. The van der Waals surface area contributed by atoms with Gasteiger partial charge in [-0.1, -0.05) is 57.9 Å². The van der Waals surface area contributed by atoms with E-state index in [-0.39, 0.29) is 0 Å². The summed E-state index contributed by atoms with van der Waals surface area (Å²) < 4.78 is 18.1. The molecule has 0 atom stereocenters. The van der Waals surface area contributed by atoms with Gasteiger partial charge in [0.15, 0.2) is 11.5 Å². The third kappa shape index (κ3) is 5.66. The third-order valence-electron chi connectivity index (χ3n) is 4.47. The lowest BCUT2D eigenvalue weighted by atomic mass is 10.1. The summed E-state index contributed by atoms with van der Waals surface area (Å²) in [6.45, 7) is 1.66. The summed E-state index contributed by atoms with van der Waals surface area (Å²) >= 11 is 9.73. The Morgan fingerprint density at radius 2 is 1.69 bits per heavy atom. The Morgan fingerprint density at radius 3 is 2.45 bits per heavy atom. The quantitative estimate of drug-likeness (QED) is 0.412. The van der Waals surface area contributed by atoms with Gasteiger partial charge >= 0.3 is 0 Å². The smallest absolute Gasteiger partial charge is 0.167 e. The van der Waals surface area contributed by atoms with Gasteiger partial charge in [-0.3, -0.25) is 0 Å². The van der Waals surface area contributed by atoms with E-state index in [9.17, 15) is 0 Å². The van der Waals surface area contributed by atoms with Gasteiger partial charge in [-0.05, 0) is 35.9 Å². The normalized spacial score (nSPS) is 10.6. The molecule has 1 N–H and O–H groups in total. The molecule has 0 spiro atoms. The number of halogens is 2. The van der Waals surface area contributed by atoms with Crippen LogP contribution in [0.1, 0.15) is 16.7 Å². The van der Waals surface area contributed by atoms with Crippen molar-refractivity contribution < 1.29 is 14.2 Å². The molecule has 0 saturated heterocycles. The summed E-state index contributed by atoms with van der Waals surface area (Å²) in [5, 5.41) is 4.15. The van der Waals surface area contributed by atoms with Crippen LogP contribution in [0, 0.1) is 0 Å². The van der Waals surface area contributed by atoms with Crippen LogP contribution in [0.5, 0.6) is 17.2 Å². The Morgan fingerprint density at radius 1 is 0.897 bits per heavy atom. The molecule has 0 saturated carbocycles. The van der Waals surface area contributed by atoms with E-state index < -0.39 is 0 Å². The molecule has 0 amide bonds. The number of ether oxygens (including phenoxy) is 3. The molecule has 0 unspecified atom stereocenters. The van der Waals surface area contributed by atoms with E-state index >= 15 is 0 Å². The molecule has 0 aromatic heterocycles. The molecule has 3 rings (SSSR count). The summed E-state index contributed by atoms with van der Waals surface area (Å²) in [6, 6.07) is 19.4. The lowest BCUT2D eigenvalue weighted by Crippen LogP contribution is -2.15. The summed E-state index contributed by atoms with van der Waals surface area (Å²) in [5.41, 5.74) is 3.07. The van der Waals surface area contributed by atoms with Crippen molar-refractivity contribution in [3.05, 3.63) is 86.8 Å². The predicted molar refractivity (Wildman–Crippen MR) is 120 cm³/mol. The largest absolute Gasteiger partial charge is 0.496 e. The molecule has 0 aliphatic rings. The highest BCUT2D eigenvalue weighted by molar-refractivity contribution is 9.10. The van der Waals surface area contributed by atoms with E-state index in [1.807, 2.05) is 60.7 Å². The van der Waals surface area contributed by atoms with E-state index in [1.54, 1.807) is 14.2 Å². The molecule has 4 nitrogen and oxygen atoms in total. The number of benzene rings is 3. The van der Waals surface area contributed by atoms with Crippen molar-refractivity contribution in [2.45, 2.75) is 19.7 Å². The van der Waals surface area contributed by atoms with Crippen LogP contribution < -0.4 is 19.5 Å². The molecule has 29 heavy (non-hydrogen) atoms. The van der Waals surface area contributed by atoms with Crippen molar-refractivity contribution in [2.24, 2.45) is 0 Å². The van der Waals surface area contributed by atoms with E-state index in [1.165, 1.54) is 0 Å². The van der Waals surface area contributed by atoms with Crippen molar-refractivity contribution >= 4 is 27.5 Å². The molecule has 0 bridgehead atoms. The molecule has 0 heterocycles. The second-order valence-electron chi connectivity index (χ2n) is 6.39. The highest BCUT2D eigenvalue weighted by Crippen LogP contribution is 2.37. The number of para-hydroxylation sites is 1. The Balaban J connectivity index is 1.76. The van der Waals surface area contributed by atoms with Gasteiger partial charge in [0.25, 0.3) is 0 Å². The maximum Gasteiger partial charge on any atom is 0.167 e. The lowest BCUT2D eigenvalue weighted by Gasteiger charge is -2.18. The maximum atomic E-state index is 6.15. The number of hydrogen-bond acceptors (Lipinski definition) is 4. The topological polar surface area (TPSA) is 39.7 Å². The minimum Gasteiger partial charge on any atom is -0.496 e. The van der Waals surface area contributed by atoms with Crippen LogP contribution in [-0.2, 0) is 19.7 Å².